The minimum Gasteiger partial charge on any atom is -0.377 e. The molecule has 2 amide bonds. The van der Waals surface area contributed by atoms with Gasteiger partial charge in [0.1, 0.15) is 6.61 Å². The van der Waals surface area contributed by atoms with E-state index in [-0.39, 0.29) is 24.3 Å². The van der Waals surface area contributed by atoms with E-state index in [9.17, 15) is 9.59 Å². The molecule has 0 heterocycles. The third kappa shape index (κ3) is 15.7. The summed E-state index contributed by atoms with van der Waals surface area (Å²) in [5.41, 5.74) is 0. The Balaban J connectivity index is 3.15. The minimum atomic E-state index is -0.140. The fraction of sp³-hybridized carbons (Fsp3) is 0.875. The zero-order chi connectivity index (χ0) is 18.0. The number of ether oxygens (including phenoxy) is 4. The molecule has 8 nitrogen and oxygen atoms in total. The summed E-state index contributed by atoms with van der Waals surface area (Å²) in [5.74, 6) is -0.120. The maximum absolute atomic E-state index is 11.3. The molecular formula is C16H32N2O6. The average Bonchev–Trinajstić information content (AvgIpc) is 2.56. The normalized spacial score (nSPS) is 10.8. The standard InChI is InChI=1S/C16H32N2O6/c1-4-21-13-15(19)17-5-7-22-9-11-24-12-10-23-8-6-18-16(20)14(2)3/h14H,4-13H2,1-3H3,(H,17,19)(H,18,20). The van der Waals surface area contributed by atoms with Crippen LogP contribution in [0.5, 0.6) is 0 Å². The summed E-state index contributed by atoms with van der Waals surface area (Å²) in [4.78, 5) is 22.5. The van der Waals surface area contributed by atoms with Crippen LogP contribution in [-0.4, -0.2) is 77.8 Å². The molecule has 0 fully saturated rings. The number of amides is 2. The molecule has 0 aliphatic rings. The molecule has 0 rings (SSSR count). The highest BCUT2D eigenvalue weighted by molar-refractivity contribution is 5.77. The Labute approximate surface area is 144 Å². The number of hydrogen-bond acceptors (Lipinski definition) is 6. The van der Waals surface area contributed by atoms with E-state index in [0.29, 0.717) is 59.3 Å². The van der Waals surface area contributed by atoms with Crippen LogP contribution >= 0.6 is 0 Å². The Kier molecular flexibility index (Phi) is 15.8. The van der Waals surface area contributed by atoms with Gasteiger partial charge in [-0.3, -0.25) is 9.59 Å². The lowest BCUT2D eigenvalue weighted by atomic mass is 10.2. The first-order chi connectivity index (χ1) is 11.6. The Hall–Kier alpha value is -1.22. The van der Waals surface area contributed by atoms with Crippen molar-refractivity contribution in [2.45, 2.75) is 20.8 Å². The molecule has 0 aromatic heterocycles. The van der Waals surface area contributed by atoms with E-state index in [4.69, 9.17) is 18.9 Å². The van der Waals surface area contributed by atoms with Gasteiger partial charge in [-0.25, -0.2) is 0 Å². The van der Waals surface area contributed by atoms with E-state index in [2.05, 4.69) is 10.6 Å². The molecule has 0 radical (unpaired) electrons. The van der Waals surface area contributed by atoms with Crippen LogP contribution in [0.25, 0.3) is 0 Å². The monoisotopic (exact) mass is 348 g/mol. The summed E-state index contributed by atoms with van der Waals surface area (Å²) in [6.45, 7) is 9.91. The van der Waals surface area contributed by atoms with E-state index in [1.165, 1.54) is 0 Å². The Morgan fingerprint density at radius 2 is 1.29 bits per heavy atom. The highest BCUT2D eigenvalue weighted by atomic mass is 16.5. The fourth-order valence-corrected chi connectivity index (χ4v) is 1.50. The van der Waals surface area contributed by atoms with Crippen molar-refractivity contribution in [3.8, 4) is 0 Å². The van der Waals surface area contributed by atoms with Crippen molar-refractivity contribution in [3.63, 3.8) is 0 Å². The van der Waals surface area contributed by atoms with Crippen molar-refractivity contribution >= 4 is 11.8 Å². The molecule has 0 unspecified atom stereocenters. The van der Waals surface area contributed by atoms with Gasteiger partial charge in [-0.2, -0.15) is 0 Å². The topological polar surface area (TPSA) is 95.1 Å². The second-order valence-electron chi connectivity index (χ2n) is 5.27. The van der Waals surface area contributed by atoms with Gasteiger partial charge >= 0.3 is 0 Å². The van der Waals surface area contributed by atoms with Crippen LogP contribution in [0.1, 0.15) is 20.8 Å². The molecule has 0 bridgehead atoms. The lowest BCUT2D eigenvalue weighted by Gasteiger charge is -2.09. The first-order valence-corrected chi connectivity index (χ1v) is 8.43. The molecule has 0 aromatic rings. The van der Waals surface area contributed by atoms with Gasteiger partial charge in [0.2, 0.25) is 11.8 Å². The third-order valence-electron chi connectivity index (χ3n) is 2.82. The van der Waals surface area contributed by atoms with E-state index < -0.39 is 0 Å². The van der Waals surface area contributed by atoms with Crippen molar-refractivity contribution in [2.24, 2.45) is 5.92 Å². The SMILES string of the molecule is CCOCC(=O)NCCOCCOCCOCCNC(=O)C(C)C. The van der Waals surface area contributed by atoms with Gasteiger partial charge in [0.05, 0.1) is 39.6 Å². The molecule has 8 heteroatoms. The fourth-order valence-electron chi connectivity index (χ4n) is 1.50. The molecule has 0 spiro atoms. The zero-order valence-electron chi connectivity index (χ0n) is 15.1. The summed E-state index contributed by atoms with van der Waals surface area (Å²) in [6, 6.07) is 0. The van der Waals surface area contributed by atoms with E-state index >= 15 is 0 Å². The van der Waals surface area contributed by atoms with Crippen molar-refractivity contribution in [3.05, 3.63) is 0 Å². The van der Waals surface area contributed by atoms with Crippen LogP contribution in [0.3, 0.4) is 0 Å². The first-order valence-electron chi connectivity index (χ1n) is 8.43. The summed E-state index contributed by atoms with van der Waals surface area (Å²) in [6.07, 6.45) is 0. The number of carbonyl (C=O) groups excluding carboxylic acids is 2. The van der Waals surface area contributed by atoms with Crippen LogP contribution in [0.15, 0.2) is 0 Å². The molecule has 0 aliphatic carbocycles. The molecule has 0 saturated carbocycles. The lowest BCUT2D eigenvalue weighted by Crippen LogP contribution is -2.31. The molecule has 0 atom stereocenters. The van der Waals surface area contributed by atoms with E-state index in [1.807, 2.05) is 20.8 Å². The quantitative estimate of drug-likeness (QED) is 0.380. The van der Waals surface area contributed by atoms with Gasteiger partial charge < -0.3 is 29.6 Å². The van der Waals surface area contributed by atoms with E-state index in [1.54, 1.807) is 0 Å². The Bertz CT molecular complexity index is 326. The van der Waals surface area contributed by atoms with Crippen molar-refractivity contribution in [1.82, 2.24) is 10.6 Å². The molecule has 0 aromatic carbocycles. The predicted octanol–water partition coefficient (Wildman–Crippen LogP) is -0.0389. The highest BCUT2D eigenvalue weighted by Crippen LogP contribution is 1.89. The highest BCUT2D eigenvalue weighted by Gasteiger charge is 2.04. The second kappa shape index (κ2) is 16.6. The largest absolute Gasteiger partial charge is 0.377 e. The third-order valence-corrected chi connectivity index (χ3v) is 2.82. The van der Waals surface area contributed by atoms with Gasteiger partial charge in [-0.15, -0.1) is 0 Å². The van der Waals surface area contributed by atoms with Gasteiger partial charge in [0, 0.05) is 25.6 Å². The summed E-state index contributed by atoms with van der Waals surface area (Å²) in [7, 11) is 0. The molecular weight excluding hydrogens is 316 g/mol. The number of hydrogen-bond donors (Lipinski definition) is 2. The summed E-state index contributed by atoms with van der Waals surface area (Å²) < 4.78 is 20.9. The van der Waals surface area contributed by atoms with Crippen LogP contribution in [-0.2, 0) is 28.5 Å². The maximum Gasteiger partial charge on any atom is 0.246 e. The molecule has 0 saturated heterocycles. The number of nitrogens with one attached hydrogen (secondary N) is 2. The minimum absolute atomic E-state index is 0.00803. The molecule has 142 valence electrons. The van der Waals surface area contributed by atoms with Gasteiger partial charge in [0.25, 0.3) is 0 Å². The molecule has 24 heavy (non-hydrogen) atoms. The van der Waals surface area contributed by atoms with Gasteiger partial charge in [0.15, 0.2) is 0 Å². The number of rotatable bonds is 16. The first kappa shape index (κ1) is 22.8. The van der Waals surface area contributed by atoms with Crippen LogP contribution < -0.4 is 10.6 Å². The smallest absolute Gasteiger partial charge is 0.246 e. The maximum atomic E-state index is 11.3. The average molecular weight is 348 g/mol. The van der Waals surface area contributed by atoms with Crippen LogP contribution in [0.2, 0.25) is 0 Å². The van der Waals surface area contributed by atoms with Crippen LogP contribution in [0, 0.1) is 5.92 Å². The number of carbonyl (C=O) groups is 2. The second-order valence-corrected chi connectivity index (χ2v) is 5.27. The summed E-state index contributed by atoms with van der Waals surface area (Å²) in [5, 5.41) is 5.45. The van der Waals surface area contributed by atoms with Gasteiger partial charge in [-0.1, -0.05) is 13.8 Å². The lowest BCUT2D eigenvalue weighted by molar-refractivity contribution is -0.126. The Morgan fingerprint density at radius 3 is 1.79 bits per heavy atom. The Morgan fingerprint density at radius 1 is 0.792 bits per heavy atom. The van der Waals surface area contributed by atoms with Crippen molar-refractivity contribution < 1.29 is 28.5 Å². The van der Waals surface area contributed by atoms with Crippen LogP contribution in [0.4, 0.5) is 0 Å². The predicted molar refractivity (Wildman–Crippen MR) is 89.8 cm³/mol. The summed E-state index contributed by atoms with van der Waals surface area (Å²) >= 11 is 0. The van der Waals surface area contributed by atoms with Crippen molar-refractivity contribution in [1.29, 1.82) is 0 Å². The zero-order valence-corrected chi connectivity index (χ0v) is 15.1. The van der Waals surface area contributed by atoms with Crippen molar-refractivity contribution in [2.75, 3.05) is 65.9 Å². The van der Waals surface area contributed by atoms with Gasteiger partial charge in [-0.05, 0) is 6.92 Å². The van der Waals surface area contributed by atoms with E-state index in [0.717, 1.165) is 0 Å². The molecule has 2 N–H and O–H groups in total. The molecule has 0 aliphatic heterocycles.